The van der Waals surface area contributed by atoms with Crippen molar-refractivity contribution in [2.24, 2.45) is 0 Å². The first-order valence-electron chi connectivity index (χ1n) is 9.30. The number of aliphatic hydroxyl groups excluding tert-OH is 1. The monoisotopic (exact) mass is 332 g/mol. The highest BCUT2D eigenvalue weighted by atomic mass is 16.3. The van der Waals surface area contributed by atoms with Gasteiger partial charge in [0.05, 0.1) is 6.10 Å². The number of aryl methyl sites for hydroxylation is 1. The van der Waals surface area contributed by atoms with Crippen LogP contribution in [0, 0.1) is 0 Å². The van der Waals surface area contributed by atoms with Crippen LogP contribution in [0.4, 0.5) is 0 Å². The zero-order valence-corrected chi connectivity index (χ0v) is 15.1. The van der Waals surface area contributed by atoms with Gasteiger partial charge < -0.3 is 15.3 Å². The standard InChI is InChI=1S/C20H32N2O2/c1-16(2)18-7-4-17(5-8-18)6-9-20(24)21-12-3-13-22-14-10-19(23)11-15-22/h4-5,7-8,16,19,23H,3,6,9-15H2,1-2H3,(H,21,24). The van der Waals surface area contributed by atoms with E-state index in [1.165, 1.54) is 11.1 Å². The lowest BCUT2D eigenvalue weighted by atomic mass is 10.0. The van der Waals surface area contributed by atoms with Gasteiger partial charge in [0.1, 0.15) is 0 Å². The Morgan fingerprint density at radius 1 is 1.25 bits per heavy atom. The van der Waals surface area contributed by atoms with E-state index in [0.29, 0.717) is 12.3 Å². The van der Waals surface area contributed by atoms with E-state index in [-0.39, 0.29) is 12.0 Å². The van der Waals surface area contributed by atoms with Crippen LogP contribution >= 0.6 is 0 Å². The maximum atomic E-state index is 11.9. The van der Waals surface area contributed by atoms with Gasteiger partial charge in [0.2, 0.25) is 5.91 Å². The highest BCUT2D eigenvalue weighted by Crippen LogP contribution is 2.15. The van der Waals surface area contributed by atoms with Crippen LogP contribution in [0.2, 0.25) is 0 Å². The lowest BCUT2D eigenvalue weighted by Crippen LogP contribution is -2.37. The number of carbonyl (C=O) groups is 1. The lowest BCUT2D eigenvalue weighted by Gasteiger charge is -2.29. The zero-order chi connectivity index (χ0) is 17.4. The summed E-state index contributed by atoms with van der Waals surface area (Å²) >= 11 is 0. The van der Waals surface area contributed by atoms with E-state index >= 15 is 0 Å². The largest absolute Gasteiger partial charge is 0.393 e. The van der Waals surface area contributed by atoms with Gasteiger partial charge in [0, 0.05) is 26.1 Å². The first-order chi connectivity index (χ1) is 11.5. The van der Waals surface area contributed by atoms with E-state index in [1.54, 1.807) is 0 Å². The normalized spacial score (nSPS) is 16.5. The maximum Gasteiger partial charge on any atom is 0.220 e. The molecular formula is C20H32N2O2. The molecule has 1 aromatic carbocycles. The Balaban J connectivity index is 1.56. The topological polar surface area (TPSA) is 52.6 Å². The van der Waals surface area contributed by atoms with E-state index in [4.69, 9.17) is 0 Å². The van der Waals surface area contributed by atoms with Crippen LogP contribution in [-0.2, 0) is 11.2 Å². The number of piperidine rings is 1. The Morgan fingerprint density at radius 3 is 2.54 bits per heavy atom. The first-order valence-corrected chi connectivity index (χ1v) is 9.30. The SMILES string of the molecule is CC(C)c1ccc(CCC(=O)NCCCN2CCC(O)CC2)cc1. The molecule has 2 N–H and O–H groups in total. The molecule has 4 nitrogen and oxygen atoms in total. The Hall–Kier alpha value is -1.39. The fraction of sp³-hybridized carbons (Fsp3) is 0.650. The molecule has 2 rings (SSSR count). The fourth-order valence-corrected chi connectivity index (χ4v) is 3.09. The molecule has 24 heavy (non-hydrogen) atoms. The Bertz CT molecular complexity index is 491. The van der Waals surface area contributed by atoms with Crippen molar-refractivity contribution >= 4 is 5.91 Å². The van der Waals surface area contributed by atoms with Gasteiger partial charge in [-0.25, -0.2) is 0 Å². The number of aliphatic hydroxyl groups is 1. The Labute approximate surface area is 146 Å². The molecule has 0 radical (unpaired) electrons. The molecular weight excluding hydrogens is 300 g/mol. The van der Waals surface area contributed by atoms with E-state index in [2.05, 4.69) is 48.3 Å². The summed E-state index contributed by atoms with van der Waals surface area (Å²) in [6.45, 7) is 8.07. The predicted molar refractivity (Wildman–Crippen MR) is 98.2 cm³/mol. The van der Waals surface area contributed by atoms with Gasteiger partial charge >= 0.3 is 0 Å². The summed E-state index contributed by atoms with van der Waals surface area (Å²) in [7, 11) is 0. The third kappa shape index (κ3) is 6.62. The molecule has 134 valence electrons. The second-order valence-electron chi connectivity index (χ2n) is 7.17. The number of likely N-dealkylation sites (tertiary alicyclic amines) is 1. The molecule has 0 unspecified atom stereocenters. The van der Waals surface area contributed by atoms with Crippen molar-refractivity contribution in [3.8, 4) is 0 Å². The molecule has 4 heteroatoms. The summed E-state index contributed by atoms with van der Waals surface area (Å²) in [6, 6.07) is 8.59. The number of rotatable bonds is 8. The molecule has 1 amide bonds. The summed E-state index contributed by atoms with van der Waals surface area (Å²) in [5.74, 6) is 0.683. The van der Waals surface area contributed by atoms with Crippen molar-refractivity contribution in [3.63, 3.8) is 0 Å². The Morgan fingerprint density at radius 2 is 1.92 bits per heavy atom. The number of nitrogens with zero attached hydrogens (tertiary/aromatic N) is 1. The van der Waals surface area contributed by atoms with Crippen LogP contribution in [0.5, 0.6) is 0 Å². The number of carbonyl (C=O) groups excluding carboxylic acids is 1. The minimum absolute atomic E-state index is 0.115. The third-order valence-electron chi connectivity index (χ3n) is 4.82. The number of benzene rings is 1. The summed E-state index contributed by atoms with van der Waals surface area (Å²) in [5, 5.41) is 12.5. The van der Waals surface area contributed by atoms with Gasteiger partial charge in [-0.3, -0.25) is 4.79 Å². The van der Waals surface area contributed by atoms with E-state index < -0.39 is 0 Å². The summed E-state index contributed by atoms with van der Waals surface area (Å²) in [5.41, 5.74) is 2.56. The minimum Gasteiger partial charge on any atom is -0.393 e. The minimum atomic E-state index is -0.115. The van der Waals surface area contributed by atoms with Crippen LogP contribution in [0.3, 0.4) is 0 Å². The van der Waals surface area contributed by atoms with Crippen molar-refractivity contribution in [2.75, 3.05) is 26.2 Å². The number of hydrogen-bond donors (Lipinski definition) is 2. The van der Waals surface area contributed by atoms with Gasteiger partial charge in [0.25, 0.3) is 0 Å². The van der Waals surface area contributed by atoms with E-state index in [9.17, 15) is 9.90 Å². The lowest BCUT2D eigenvalue weighted by molar-refractivity contribution is -0.121. The van der Waals surface area contributed by atoms with E-state index in [0.717, 1.165) is 51.9 Å². The molecule has 0 saturated carbocycles. The molecule has 0 aliphatic carbocycles. The summed E-state index contributed by atoms with van der Waals surface area (Å²) in [4.78, 5) is 14.3. The summed E-state index contributed by atoms with van der Waals surface area (Å²) in [6.07, 6.45) is 3.97. The number of hydrogen-bond acceptors (Lipinski definition) is 3. The van der Waals surface area contributed by atoms with Crippen molar-refractivity contribution < 1.29 is 9.90 Å². The maximum absolute atomic E-state index is 11.9. The van der Waals surface area contributed by atoms with Crippen molar-refractivity contribution in [1.82, 2.24) is 10.2 Å². The smallest absolute Gasteiger partial charge is 0.220 e. The van der Waals surface area contributed by atoms with Crippen LogP contribution in [-0.4, -0.2) is 48.2 Å². The zero-order valence-electron chi connectivity index (χ0n) is 15.1. The molecule has 0 bridgehead atoms. The van der Waals surface area contributed by atoms with Crippen molar-refractivity contribution in [1.29, 1.82) is 0 Å². The van der Waals surface area contributed by atoms with Crippen LogP contribution < -0.4 is 5.32 Å². The fourth-order valence-electron chi connectivity index (χ4n) is 3.09. The van der Waals surface area contributed by atoms with Crippen molar-refractivity contribution in [2.45, 2.75) is 58.0 Å². The van der Waals surface area contributed by atoms with E-state index in [1.807, 2.05) is 0 Å². The van der Waals surface area contributed by atoms with Gasteiger partial charge in [-0.1, -0.05) is 38.1 Å². The molecule has 1 fully saturated rings. The molecule has 1 aliphatic rings. The quantitative estimate of drug-likeness (QED) is 0.720. The average Bonchev–Trinajstić information content (AvgIpc) is 2.59. The third-order valence-corrected chi connectivity index (χ3v) is 4.82. The highest BCUT2D eigenvalue weighted by Gasteiger charge is 2.16. The first kappa shape index (κ1) is 18.9. The van der Waals surface area contributed by atoms with Gasteiger partial charge in [-0.05, 0) is 49.3 Å². The molecule has 1 aliphatic heterocycles. The molecule has 0 aromatic heterocycles. The number of amides is 1. The van der Waals surface area contributed by atoms with Gasteiger partial charge in [-0.2, -0.15) is 0 Å². The van der Waals surface area contributed by atoms with Crippen molar-refractivity contribution in [3.05, 3.63) is 35.4 Å². The predicted octanol–water partition coefficient (Wildman–Crippen LogP) is 2.71. The van der Waals surface area contributed by atoms with Crippen LogP contribution in [0.1, 0.15) is 56.6 Å². The van der Waals surface area contributed by atoms with Crippen LogP contribution in [0.15, 0.2) is 24.3 Å². The van der Waals surface area contributed by atoms with Crippen LogP contribution in [0.25, 0.3) is 0 Å². The molecule has 1 heterocycles. The molecule has 1 aromatic rings. The second-order valence-corrected chi connectivity index (χ2v) is 7.17. The molecule has 0 spiro atoms. The number of nitrogens with one attached hydrogen (secondary N) is 1. The van der Waals surface area contributed by atoms with Gasteiger partial charge in [-0.15, -0.1) is 0 Å². The Kier molecular flexibility index (Phi) is 7.73. The summed E-state index contributed by atoms with van der Waals surface area (Å²) < 4.78 is 0. The molecule has 0 atom stereocenters. The molecule has 1 saturated heterocycles. The average molecular weight is 332 g/mol. The van der Waals surface area contributed by atoms with Gasteiger partial charge in [0.15, 0.2) is 0 Å². The highest BCUT2D eigenvalue weighted by molar-refractivity contribution is 5.76. The second kappa shape index (κ2) is 9.80.